The Labute approximate surface area is 438 Å². The van der Waals surface area contributed by atoms with Crippen molar-refractivity contribution < 1.29 is 37.6 Å². The first kappa shape index (κ1) is 68.7. The molecular weight excluding hydrogens is 906 g/mol. The Morgan fingerprint density at radius 2 is 0.775 bits per heavy atom. The molecule has 10 heteroatoms. The van der Waals surface area contributed by atoms with Gasteiger partial charge < -0.3 is 20.1 Å². The van der Waals surface area contributed by atoms with E-state index in [1.54, 1.807) is 0 Å². The molecule has 0 bridgehead atoms. The van der Waals surface area contributed by atoms with E-state index >= 15 is 0 Å². The SMILES string of the molecule is CC/C=C\C/C=C\C/C=C\C/C=C\CCCCCCCCCCCCCCCCCCCCCCCCCCC(=O)OC(COC(=O)CCCCCCC/C=C\CCCCCC)COP(=O)(O)OCCN. The summed E-state index contributed by atoms with van der Waals surface area (Å²) in [7, 11) is -4.38. The van der Waals surface area contributed by atoms with Gasteiger partial charge >= 0.3 is 19.8 Å². The lowest BCUT2D eigenvalue weighted by atomic mass is 10.0. The van der Waals surface area contributed by atoms with Crippen LogP contribution in [-0.2, 0) is 32.7 Å². The summed E-state index contributed by atoms with van der Waals surface area (Å²) < 4.78 is 33.0. The fraction of sp³-hybridized carbons (Fsp3) is 0.803. The van der Waals surface area contributed by atoms with Crippen LogP contribution in [0.15, 0.2) is 60.8 Å². The Kier molecular flexibility index (Phi) is 55.2. The second-order valence-electron chi connectivity index (χ2n) is 19.8. The predicted molar refractivity (Wildman–Crippen MR) is 303 cm³/mol. The van der Waals surface area contributed by atoms with Gasteiger partial charge in [-0.05, 0) is 77.0 Å². The largest absolute Gasteiger partial charge is 0.472 e. The van der Waals surface area contributed by atoms with E-state index < -0.39 is 26.5 Å². The molecule has 0 aliphatic carbocycles. The highest BCUT2D eigenvalue weighted by atomic mass is 31.2. The lowest BCUT2D eigenvalue weighted by Gasteiger charge is -2.19. The van der Waals surface area contributed by atoms with Gasteiger partial charge in [0.2, 0.25) is 0 Å². The van der Waals surface area contributed by atoms with E-state index in [0.717, 1.165) is 77.0 Å². The Balaban J connectivity index is 3.78. The summed E-state index contributed by atoms with van der Waals surface area (Å²) in [5.41, 5.74) is 5.37. The minimum Gasteiger partial charge on any atom is -0.462 e. The van der Waals surface area contributed by atoms with Gasteiger partial charge in [0, 0.05) is 19.4 Å². The number of esters is 2. The second kappa shape index (κ2) is 57.0. The van der Waals surface area contributed by atoms with Crippen LogP contribution in [0.1, 0.15) is 284 Å². The van der Waals surface area contributed by atoms with Crippen LogP contribution >= 0.6 is 7.82 Å². The minimum atomic E-state index is -4.38. The van der Waals surface area contributed by atoms with Gasteiger partial charge in [0.25, 0.3) is 0 Å². The van der Waals surface area contributed by atoms with Crippen LogP contribution in [0, 0.1) is 0 Å². The normalized spacial score (nSPS) is 13.5. The van der Waals surface area contributed by atoms with Crippen LogP contribution < -0.4 is 5.73 Å². The number of unbranched alkanes of at least 4 members (excludes halogenated alkanes) is 33. The number of carbonyl (C=O) groups is 2. The minimum absolute atomic E-state index is 0.0531. The maximum Gasteiger partial charge on any atom is 0.472 e. The summed E-state index contributed by atoms with van der Waals surface area (Å²) in [6.45, 7) is 3.63. The fourth-order valence-electron chi connectivity index (χ4n) is 8.51. The summed E-state index contributed by atoms with van der Waals surface area (Å²) in [6, 6.07) is 0. The van der Waals surface area contributed by atoms with Crippen molar-refractivity contribution in [1.82, 2.24) is 0 Å². The highest BCUT2D eigenvalue weighted by Gasteiger charge is 2.26. The summed E-state index contributed by atoms with van der Waals surface area (Å²) >= 11 is 0. The monoisotopic (exact) mass is 1020 g/mol. The van der Waals surface area contributed by atoms with Crippen LogP contribution in [0.2, 0.25) is 0 Å². The van der Waals surface area contributed by atoms with E-state index in [2.05, 4.69) is 74.6 Å². The van der Waals surface area contributed by atoms with Crippen molar-refractivity contribution in [2.75, 3.05) is 26.4 Å². The quantitative estimate of drug-likeness (QED) is 0.0264. The molecule has 0 rings (SSSR count). The molecule has 0 saturated carbocycles. The van der Waals surface area contributed by atoms with Gasteiger partial charge in [0.1, 0.15) is 6.61 Å². The average Bonchev–Trinajstić information content (AvgIpc) is 3.36. The van der Waals surface area contributed by atoms with E-state index in [9.17, 15) is 19.0 Å². The molecule has 0 aromatic carbocycles. The van der Waals surface area contributed by atoms with Crippen LogP contribution in [0.5, 0.6) is 0 Å². The van der Waals surface area contributed by atoms with Gasteiger partial charge in [-0.1, -0.05) is 254 Å². The van der Waals surface area contributed by atoms with Gasteiger partial charge in [0.15, 0.2) is 6.10 Å². The molecule has 9 nitrogen and oxygen atoms in total. The third-order valence-electron chi connectivity index (χ3n) is 12.9. The number of phosphoric acid groups is 1. The third-order valence-corrected chi connectivity index (χ3v) is 13.9. The molecule has 0 amide bonds. The molecule has 0 aliphatic rings. The second-order valence-corrected chi connectivity index (χ2v) is 21.3. The number of ether oxygens (including phenoxy) is 2. The molecule has 0 aromatic rings. The van der Waals surface area contributed by atoms with E-state index in [0.29, 0.717) is 6.42 Å². The number of nitrogens with two attached hydrogens (primary N) is 1. The van der Waals surface area contributed by atoms with Gasteiger partial charge in [-0.3, -0.25) is 18.6 Å². The fourth-order valence-corrected chi connectivity index (χ4v) is 9.27. The lowest BCUT2D eigenvalue weighted by molar-refractivity contribution is -0.161. The third kappa shape index (κ3) is 56.9. The van der Waals surface area contributed by atoms with Gasteiger partial charge in [-0.25, -0.2) is 4.57 Å². The van der Waals surface area contributed by atoms with Crippen LogP contribution in [0.3, 0.4) is 0 Å². The highest BCUT2D eigenvalue weighted by Crippen LogP contribution is 2.43. The van der Waals surface area contributed by atoms with Crippen LogP contribution in [0.4, 0.5) is 0 Å². The number of hydrogen-bond donors (Lipinski definition) is 2. The Morgan fingerprint density at radius 3 is 1.17 bits per heavy atom. The average molecular weight is 1020 g/mol. The zero-order valence-electron chi connectivity index (χ0n) is 46.2. The molecule has 0 heterocycles. The molecule has 0 radical (unpaired) electrons. The van der Waals surface area contributed by atoms with Gasteiger partial charge in [-0.15, -0.1) is 0 Å². The molecule has 0 saturated heterocycles. The Bertz CT molecular complexity index is 1350. The maximum atomic E-state index is 12.7. The summed E-state index contributed by atoms with van der Waals surface area (Å²) in [6.07, 6.45) is 71.7. The zero-order valence-corrected chi connectivity index (χ0v) is 47.1. The van der Waals surface area contributed by atoms with Crippen molar-refractivity contribution in [1.29, 1.82) is 0 Å². The van der Waals surface area contributed by atoms with E-state index in [4.69, 9.17) is 24.3 Å². The molecule has 0 aromatic heterocycles. The maximum absolute atomic E-state index is 12.7. The molecule has 0 spiro atoms. The number of hydrogen-bond acceptors (Lipinski definition) is 8. The predicted octanol–water partition coefficient (Wildman–Crippen LogP) is 18.7. The summed E-state index contributed by atoms with van der Waals surface area (Å²) in [5, 5.41) is 0. The first-order valence-corrected chi connectivity index (χ1v) is 31.3. The Morgan fingerprint density at radius 1 is 0.437 bits per heavy atom. The highest BCUT2D eigenvalue weighted by molar-refractivity contribution is 7.47. The van der Waals surface area contributed by atoms with Crippen molar-refractivity contribution in [3.05, 3.63) is 60.8 Å². The molecule has 2 atom stereocenters. The van der Waals surface area contributed by atoms with Crippen molar-refractivity contribution in [2.24, 2.45) is 5.73 Å². The molecule has 71 heavy (non-hydrogen) atoms. The number of phosphoric ester groups is 1. The van der Waals surface area contributed by atoms with Crippen molar-refractivity contribution in [3.63, 3.8) is 0 Å². The molecule has 2 unspecified atom stereocenters. The number of rotatable bonds is 56. The smallest absolute Gasteiger partial charge is 0.462 e. The molecule has 0 fully saturated rings. The standard InChI is InChI=1S/C61H112NO8P/c1-3-5-7-9-11-13-15-17-18-19-20-21-22-23-24-25-26-27-28-29-30-31-32-33-34-35-36-37-38-39-40-42-44-46-48-50-52-54-61(64)70-59(58-69-71(65,66)68-56-55-62)57-67-60(63)53-51-49-47-45-43-41-16-14-12-10-8-6-4-2/h5,7,11,13-14,16-18,20-21,59H,3-4,6,8-10,12,15,19,22-58,62H2,1-2H3,(H,65,66)/b7-5-,13-11-,16-14-,18-17-,21-20-. The molecule has 0 aliphatic heterocycles. The lowest BCUT2D eigenvalue weighted by Crippen LogP contribution is -2.29. The van der Waals surface area contributed by atoms with Crippen LogP contribution in [-0.4, -0.2) is 49.3 Å². The summed E-state index contributed by atoms with van der Waals surface area (Å²) in [5.74, 6) is -0.828. The molecule has 3 N–H and O–H groups in total. The van der Waals surface area contributed by atoms with Crippen molar-refractivity contribution in [3.8, 4) is 0 Å². The zero-order chi connectivity index (χ0) is 51.7. The number of allylic oxidation sites excluding steroid dienone is 10. The van der Waals surface area contributed by atoms with Crippen molar-refractivity contribution >= 4 is 19.8 Å². The van der Waals surface area contributed by atoms with Crippen molar-refractivity contribution in [2.45, 2.75) is 290 Å². The molecule has 414 valence electrons. The number of carbonyl (C=O) groups excluding carboxylic acids is 2. The van der Waals surface area contributed by atoms with Crippen LogP contribution in [0.25, 0.3) is 0 Å². The van der Waals surface area contributed by atoms with Gasteiger partial charge in [-0.2, -0.15) is 0 Å². The first-order valence-electron chi connectivity index (χ1n) is 29.8. The van der Waals surface area contributed by atoms with E-state index in [1.807, 2.05) is 0 Å². The topological polar surface area (TPSA) is 134 Å². The first-order chi connectivity index (χ1) is 34.8. The Hall–Kier alpha value is -2.29. The molecular formula is C61H112NO8P. The van der Waals surface area contributed by atoms with E-state index in [-0.39, 0.29) is 38.6 Å². The van der Waals surface area contributed by atoms with Gasteiger partial charge in [0.05, 0.1) is 13.2 Å². The summed E-state index contributed by atoms with van der Waals surface area (Å²) in [4.78, 5) is 35.1. The van der Waals surface area contributed by atoms with E-state index in [1.165, 1.54) is 173 Å².